The molecule has 3 rings (SSSR count). The van der Waals surface area contributed by atoms with E-state index in [2.05, 4.69) is 5.32 Å². The van der Waals surface area contributed by atoms with Crippen LogP contribution in [0.1, 0.15) is 24.6 Å². The van der Waals surface area contributed by atoms with Crippen LogP contribution >= 0.6 is 0 Å². The molecule has 0 radical (unpaired) electrons. The van der Waals surface area contributed by atoms with Crippen molar-refractivity contribution in [2.75, 3.05) is 38.6 Å². The average molecular weight is 386 g/mol. The summed E-state index contributed by atoms with van der Waals surface area (Å²) in [5.41, 5.74) is 0.731. The van der Waals surface area contributed by atoms with Crippen molar-refractivity contribution in [1.29, 1.82) is 0 Å². The van der Waals surface area contributed by atoms with Gasteiger partial charge in [0, 0.05) is 31.6 Å². The van der Waals surface area contributed by atoms with Gasteiger partial charge in [0.15, 0.2) is 0 Å². The van der Waals surface area contributed by atoms with Crippen LogP contribution in [0.15, 0.2) is 47.1 Å². The van der Waals surface area contributed by atoms with E-state index in [1.807, 2.05) is 36.0 Å². The minimum Gasteiger partial charge on any atom is -0.468 e. The fraction of sp³-hybridized carbons (Fsp3) is 0.450. The third kappa shape index (κ3) is 4.51. The van der Waals surface area contributed by atoms with E-state index >= 15 is 0 Å². The monoisotopic (exact) mass is 386 g/mol. The molecule has 2 aromatic rings. The molecule has 8 heteroatoms. The fourth-order valence-corrected chi connectivity index (χ4v) is 3.63. The molecule has 0 saturated carbocycles. The van der Waals surface area contributed by atoms with E-state index in [4.69, 9.17) is 4.42 Å². The first-order valence-electron chi connectivity index (χ1n) is 9.43. The minimum atomic E-state index is -0.357. The Morgan fingerprint density at radius 2 is 2.00 bits per heavy atom. The van der Waals surface area contributed by atoms with Gasteiger partial charge in [-0.3, -0.25) is 19.8 Å². The summed E-state index contributed by atoms with van der Waals surface area (Å²) in [4.78, 5) is 27.5. The molecule has 1 amide bonds. The first kappa shape index (κ1) is 19.9. The van der Waals surface area contributed by atoms with Gasteiger partial charge < -0.3 is 14.6 Å². The zero-order chi connectivity index (χ0) is 20.1. The van der Waals surface area contributed by atoms with Crippen molar-refractivity contribution in [3.63, 3.8) is 0 Å². The average Bonchev–Trinajstić information content (AvgIpc) is 3.22. The molecule has 1 aliphatic rings. The smallest absolute Gasteiger partial charge is 0.292 e. The minimum absolute atomic E-state index is 0.0222. The fourth-order valence-electron chi connectivity index (χ4n) is 3.63. The summed E-state index contributed by atoms with van der Waals surface area (Å²) in [6.45, 7) is 1.72. The second kappa shape index (κ2) is 8.88. The highest BCUT2D eigenvalue weighted by atomic mass is 16.6. The SMILES string of the molecule is CN(C)C(CNC(=O)C1CCN(c2ccccc2[N+](=O)[O-])CC1)c1ccco1. The van der Waals surface area contributed by atoms with Gasteiger partial charge in [0.1, 0.15) is 11.4 Å². The first-order chi connectivity index (χ1) is 13.5. The predicted molar refractivity (Wildman–Crippen MR) is 106 cm³/mol. The summed E-state index contributed by atoms with van der Waals surface area (Å²) in [5, 5.41) is 14.3. The van der Waals surface area contributed by atoms with Gasteiger partial charge in [0.05, 0.1) is 17.2 Å². The maximum absolute atomic E-state index is 12.6. The van der Waals surface area contributed by atoms with Gasteiger partial charge in [-0.1, -0.05) is 12.1 Å². The lowest BCUT2D eigenvalue weighted by Crippen LogP contribution is -2.42. The van der Waals surface area contributed by atoms with Crippen LogP contribution in [0.2, 0.25) is 0 Å². The molecule has 2 heterocycles. The number of hydrogen-bond donors (Lipinski definition) is 1. The van der Waals surface area contributed by atoms with Crippen LogP contribution in [-0.2, 0) is 4.79 Å². The summed E-state index contributed by atoms with van der Waals surface area (Å²) in [5.74, 6) is 0.760. The summed E-state index contributed by atoms with van der Waals surface area (Å²) in [7, 11) is 3.90. The van der Waals surface area contributed by atoms with E-state index in [-0.39, 0.29) is 28.5 Å². The molecule has 1 unspecified atom stereocenters. The van der Waals surface area contributed by atoms with Crippen molar-refractivity contribution < 1.29 is 14.1 Å². The molecule has 1 N–H and O–H groups in total. The number of nitro benzene ring substituents is 1. The maximum atomic E-state index is 12.6. The number of carbonyl (C=O) groups excluding carboxylic acids is 1. The zero-order valence-electron chi connectivity index (χ0n) is 16.2. The van der Waals surface area contributed by atoms with Gasteiger partial charge in [-0.15, -0.1) is 0 Å². The van der Waals surface area contributed by atoms with Crippen LogP contribution in [0.5, 0.6) is 0 Å². The molecule has 0 bridgehead atoms. The van der Waals surface area contributed by atoms with E-state index in [1.165, 1.54) is 6.07 Å². The standard InChI is InChI=1S/C20H26N4O4/c1-22(2)18(19-8-5-13-28-19)14-21-20(25)15-9-11-23(12-10-15)16-6-3-4-7-17(16)24(26)27/h3-8,13,15,18H,9-12,14H2,1-2H3,(H,21,25). The van der Waals surface area contributed by atoms with Crippen LogP contribution in [-0.4, -0.2) is 49.5 Å². The normalized spacial score (nSPS) is 16.2. The number of nitrogens with one attached hydrogen (secondary N) is 1. The Kier molecular flexibility index (Phi) is 6.30. The lowest BCUT2D eigenvalue weighted by molar-refractivity contribution is -0.384. The Balaban J connectivity index is 1.55. The van der Waals surface area contributed by atoms with Gasteiger partial charge >= 0.3 is 0 Å². The number of piperidine rings is 1. The van der Waals surface area contributed by atoms with Gasteiger partial charge in [0.25, 0.3) is 5.69 Å². The van der Waals surface area contributed by atoms with Crippen molar-refractivity contribution in [2.45, 2.75) is 18.9 Å². The number of hydrogen-bond acceptors (Lipinski definition) is 6. The van der Waals surface area contributed by atoms with E-state index in [1.54, 1.807) is 24.5 Å². The van der Waals surface area contributed by atoms with Gasteiger partial charge in [-0.2, -0.15) is 0 Å². The number of para-hydroxylation sites is 2. The van der Waals surface area contributed by atoms with E-state index in [9.17, 15) is 14.9 Å². The summed E-state index contributed by atoms with van der Waals surface area (Å²) in [6.07, 6.45) is 2.97. The second-order valence-electron chi connectivity index (χ2n) is 7.25. The third-order valence-corrected chi connectivity index (χ3v) is 5.25. The number of rotatable bonds is 7. The van der Waals surface area contributed by atoms with Crippen LogP contribution < -0.4 is 10.2 Å². The maximum Gasteiger partial charge on any atom is 0.292 e. The van der Waals surface area contributed by atoms with Gasteiger partial charge in [0.2, 0.25) is 5.91 Å². The predicted octanol–water partition coefficient (Wildman–Crippen LogP) is 2.82. The number of carbonyl (C=O) groups is 1. The van der Waals surface area contributed by atoms with Crippen LogP contribution in [0.3, 0.4) is 0 Å². The molecule has 1 atom stereocenters. The molecule has 1 aromatic heterocycles. The highest BCUT2D eigenvalue weighted by molar-refractivity contribution is 5.79. The number of benzene rings is 1. The van der Waals surface area contributed by atoms with Crippen molar-refractivity contribution in [1.82, 2.24) is 10.2 Å². The van der Waals surface area contributed by atoms with Crippen molar-refractivity contribution in [2.24, 2.45) is 5.92 Å². The van der Waals surface area contributed by atoms with Crippen molar-refractivity contribution >= 4 is 17.3 Å². The molecule has 150 valence electrons. The molecule has 0 aliphatic carbocycles. The number of anilines is 1. The summed E-state index contributed by atoms with van der Waals surface area (Å²) in [6, 6.07) is 10.5. The van der Waals surface area contributed by atoms with E-state index in [0.29, 0.717) is 38.2 Å². The molecule has 0 spiro atoms. The van der Waals surface area contributed by atoms with Gasteiger partial charge in [-0.25, -0.2) is 0 Å². The van der Waals surface area contributed by atoms with Gasteiger partial charge in [-0.05, 0) is 45.1 Å². The Labute approximate surface area is 164 Å². The molecular weight excluding hydrogens is 360 g/mol. The molecular formula is C20H26N4O4. The quantitative estimate of drug-likeness (QED) is 0.581. The lowest BCUT2D eigenvalue weighted by atomic mass is 9.95. The lowest BCUT2D eigenvalue weighted by Gasteiger charge is -2.33. The van der Waals surface area contributed by atoms with Crippen molar-refractivity contribution in [3.8, 4) is 0 Å². The molecule has 1 aliphatic heterocycles. The number of furan rings is 1. The van der Waals surface area contributed by atoms with E-state index in [0.717, 1.165) is 5.76 Å². The number of nitrogens with zero attached hydrogens (tertiary/aromatic N) is 3. The van der Waals surface area contributed by atoms with Crippen LogP contribution in [0, 0.1) is 16.0 Å². The topological polar surface area (TPSA) is 91.9 Å². The summed E-state index contributed by atoms with van der Waals surface area (Å²) >= 11 is 0. The Bertz CT molecular complexity index is 798. The number of nitro groups is 1. The highest BCUT2D eigenvalue weighted by Gasteiger charge is 2.28. The number of amides is 1. The third-order valence-electron chi connectivity index (χ3n) is 5.25. The van der Waals surface area contributed by atoms with Crippen LogP contribution in [0.4, 0.5) is 11.4 Å². The Morgan fingerprint density at radius 3 is 2.61 bits per heavy atom. The largest absolute Gasteiger partial charge is 0.468 e. The molecule has 1 aromatic carbocycles. The second-order valence-corrected chi connectivity index (χ2v) is 7.25. The first-order valence-corrected chi connectivity index (χ1v) is 9.43. The van der Waals surface area contributed by atoms with E-state index < -0.39 is 0 Å². The van der Waals surface area contributed by atoms with Crippen molar-refractivity contribution in [3.05, 3.63) is 58.5 Å². The Hall–Kier alpha value is -2.87. The number of likely N-dealkylation sites (N-methyl/N-ethyl adjacent to an activating group) is 1. The highest BCUT2D eigenvalue weighted by Crippen LogP contribution is 2.31. The Morgan fingerprint density at radius 1 is 1.29 bits per heavy atom. The molecule has 1 fully saturated rings. The van der Waals surface area contributed by atoms with Crippen LogP contribution in [0.25, 0.3) is 0 Å². The summed E-state index contributed by atoms with van der Waals surface area (Å²) < 4.78 is 5.47. The molecule has 1 saturated heterocycles. The molecule has 28 heavy (non-hydrogen) atoms. The molecule has 8 nitrogen and oxygen atoms in total. The zero-order valence-corrected chi connectivity index (χ0v) is 16.2.